The summed E-state index contributed by atoms with van der Waals surface area (Å²) >= 11 is 0. The smallest absolute Gasteiger partial charge is 0.332 e. The largest absolute Gasteiger partial charge is 0.467 e. The van der Waals surface area contributed by atoms with E-state index in [2.05, 4.69) is 4.74 Å². The van der Waals surface area contributed by atoms with Crippen LogP contribution in [0.3, 0.4) is 0 Å². The SMILES string of the molecule is CCCOP(=O)(CCCCP(=O)(OCCOC)OCC(=O)OC)OCC(C)=O. The van der Waals surface area contributed by atoms with E-state index in [0.717, 1.165) is 0 Å². The van der Waals surface area contributed by atoms with Crippen molar-refractivity contribution in [2.75, 3.05) is 59.6 Å². The standard InChI is InChI=1S/C16H32O10P2/c1-5-8-23-27(19,25-13-15(2)17)11-6-7-12-28(20,24-10-9-21-3)26-14-16(18)22-4/h5-14H2,1-4H3. The number of methoxy groups -OCH3 is 2. The van der Waals surface area contributed by atoms with Crippen LogP contribution in [0, 0.1) is 0 Å². The van der Waals surface area contributed by atoms with Gasteiger partial charge in [0.1, 0.15) is 6.61 Å². The molecule has 0 rings (SSSR count). The second-order valence-electron chi connectivity index (χ2n) is 5.86. The average molecular weight is 446 g/mol. The van der Waals surface area contributed by atoms with Gasteiger partial charge in [0.15, 0.2) is 12.4 Å². The molecule has 0 amide bonds. The Morgan fingerprint density at radius 1 is 0.786 bits per heavy atom. The number of esters is 1. The van der Waals surface area contributed by atoms with Crippen molar-refractivity contribution in [3.8, 4) is 0 Å². The Bertz CT molecular complexity index is 552. The Morgan fingerprint density at radius 2 is 1.32 bits per heavy atom. The molecule has 0 radical (unpaired) electrons. The molecule has 2 unspecified atom stereocenters. The predicted octanol–water partition coefficient (Wildman–Crippen LogP) is 3.04. The third-order valence-corrected chi connectivity index (χ3v) is 7.18. The summed E-state index contributed by atoms with van der Waals surface area (Å²) in [6.07, 6.45) is 1.40. The summed E-state index contributed by atoms with van der Waals surface area (Å²) in [5, 5.41) is 0. The van der Waals surface area contributed by atoms with Crippen molar-refractivity contribution in [3.05, 3.63) is 0 Å². The number of Topliss-reactive ketones (excluding diaryl/α,β-unsaturated/α-hetero) is 1. The van der Waals surface area contributed by atoms with Crippen LogP contribution in [-0.4, -0.2) is 71.3 Å². The van der Waals surface area contributed by atoms with Gasteiger partial charge in [0.25, 0.3) is 0 Å². The Hall–Kier alpha value is -0.600. The molecule has 28 heavy (non-hydrogen) atoms. The molecule has 0 aromatic rings. The van der Waals surface area contributed by atoms with Gasteiger partial charge in [-0.05, 0) is 26.2 Å². The van der Waals surface area contributed by atoms with Crippen molar-refractivity contribution >= 4 is 26.9 Å². The zero-order valence-corrected chi connectivity index (χ0v) is 18.8. The molecule has 0 saturated heterocycles. The van der Waals surface area contributed by atoms with Crippen LogP contribution in [0.4, 0.5) is 0 Å². The molecule has 2 atom stereocenters. The quantitative estimate of drug-likeness (QED) is 0.176. The fourth-order valence-corrected chi connectivity index (χ4v) is 5.21. The van der Waals surface area contributed by atoms with Crippen LogP contribution in [0.25, 0.3) is 0 Å². The molecule has 166 valence electrons. The molecule has 0 aliphatic carbocycles. The monoisotopic (exact) mass is 446 g/mol. The van der Waals surface area contributed by atoms with Crippen molar-refractivity contribution < 1.29 is 46.3 Å². The molecule has 12 heteroatoms. The molecule has 0 fully saturated rings. The van der Waals surface area contributed by atoms with E-state index in [1.54, 1.807) is 0 Å². The predicted molar refractivity (Wildman–Crippen MR) is 103 cm³/mol. The zero-order valence-electron chi connectivity index (χ0n) is 17.0. The molecule has 0 aromatic carbocycles. The topological polar surface area (TPSA) is 124 Å². The summed E-state index contributed by atoms with van der Waals surface area (Å²) in [5.41, 5.74) is 0. The number of hydrogen-bond acceptors (Lipinski definition) is 10. The van der Waals surface area contributed by atoms with Crippen LogP contribution < -0.4 is 0 Å². The van der Waals surface area contributed by atoms with Gasteiger partial charge in [0.2, 0.25) is 0 Å². The lowest BCUT2D eigenvalue weighted by Gasteiger charge is -2.20. The lowest BCUT2D eigenvalue weighted by atomic mass is 10.4. The van der Waals surface area contributed by atoms with Gasteiger partial charge < -0.3 is 23.0 Å². The Labute approximate surface area is 166 Å². The van der Waals surface area contributed by atoms with Crippen molar-refractivity contribution in [1.82, 2.24) is 0 Å². The minimum atomic E-state index is -3.56. The highest BCUT2D eigenvalue weighted by molar-refractivity contribution is 7.54. The average Bonchev–Trinajstić information content (AvgIpc) is 2.67. The second-order valence-corrected chi connectivity index (χ2v) is 10.2. The van der Waals surface area contributed by atoms with E-state index in [1.165, 1.54) is 21.1 Å². The summed E-state index contributed by atoms with van der Waals surface area (Å²) in [6.45, 7) is 2.90. The van der Waals surface area contributed by atoms with Crippen LogP contribution in [0.15, 0.2) is 0 Å². The second kappa shape index (κ2) is 15.3. The van der Waals surface area contributed by atoms with E-state index >= 15 is 0 Å². The van der Waals surface area contributed by atoms with Gasteiger partial charge in [0.05, 0.1) is 39.3 Å². The number of ether oxygens (including phenoxy) is 2. The first-order valence-electron chi connectivity index (χ1n) is 9.01. The van der Waals surface area contributed by atoms with E-state index in [1.807, 2.05) is 6.92 Å². The Morgan fingerprint density at radius 3 is 1.79 bits per heavy atom. The summed E-state index contributed by atoms with van der Waals surface area (Å²) in [6, 6.07) is 0. The molecule has 0 saturated carbocycles. The van der Waals surface area contributed by atoms with Crippen LogP contribution in [0.5, 0.6) is 0 Å². The van der Waals surface area contributed by atoms with Crippen molar-refractivity contribution in [1.29, 1.82) is 0 Å². The maximum absolute atomic E-state index is 12.7. The van der Waals surface area contributed by atoms with Gasteiger partial charge in [-0.1, -0.05) is 6.92 Å². The van der Waals surface area contributed by atoms with Crippen molar-refractivity contribution in [2.24, 2.45) is 0 Å². The molecule has 0 bridgehead atoms. The fourth-order valence-electron chi connectivity index (χ4n) is 1.83. The molecule has 0 aliphatic heterocycles. The van der Waals surface area contributed by atoms with Gasteiger partial charge in [-0.15, -0.1) is 0 Å². The van der Waals surface area contributed by atoms with E-state index in [9.17, 15) is 18.7 Å². The summed E-state index contributed by atoms with van der Waals surface area (Å²) in [5.74, 6) is -0.932. The van der Waals surface area contributed by atoms with E-state index in [-0.39, 0.29) is 44.5 Å². The maximum atomic E-state index is 12.7. The lowest BCUT2D eigenvalue weighted by molar-refractivity contribution is -0.143. The minimum Gasteiger partial charge on any atom is -0.467 e. The third kappa shape index (κ3) is 13.6. The number of ketones is 1. The number of unbranched alkanes of at least 4 members (excludes halogenated alkanes) is 1. The van der Waals surface area contributed by atoms with E-state index < -0.39 is 27.8 Å². The van der Waals surface area contributed by atoms with Gasteiger partial charge in [0, 0.05) is 7.11 Å². The highest BCUT2D eigenvalue weighted by atomic mass is 31.2. The molecular formula is C16H32O10P2. The number of carbonyl (C=O) groups is 2. The van der Waals surface area contributed by atoms with Gasteiger partial charge in [-0.3, -0.25) is 18.4 Å². The molecule has 0 spiro atoms. The van der Waals surface area contributed by atoms with Crippen LogP contribution in [-0.2, 0) is 46.3 Å². The molecule has 0 aromatic heterocycles. The summed E-state index contributed by atoms with van der Waals surface area (Å²) in [7, 11) is -4.31. The third-order valence-electron chi connectivity index (χ3n) is 3.25. The van der Waals surface area contributed by atoms with Gasteiger partial charge in [-0.2, -0.15) is 0 Å². The lowest BCUT2D eigenvalue weighted by Crippen LogP contribution is -2.13. The van der Waals surface area contributed by atoms with Gasteiger partial charge >= 0.3 is 21.2 Å². The molecule has 0 aliphatic rings. The Kier molecular flexibility index (Phi) is 14.9. The first-order valence-corrected chi connectivity index (χ1v) is 12.5. The van der Waals surface area contributed by atoms with E-state index in [4.69, 9.17) is 22.8 Å². The summed E-state index contributed by atoms with van der Waals surface area (Å²) in [4.78, 5) is 22.3. The highest BCUT2D eigenvalue weighted by Crippen LogP contribution is 2.51. The fraction of sp³-hybridized carbons (Fsp3) is 0.875. The van der Waals surface area contributed by atoms with Crippen LogP contribution >= 0.6 is 15.2 Å². The Balaban J connectivity index is 4.66. The minimum absolute atomic E-state index is 0.00813. The summed E-state index contributed by atoms with van der Waals surface area (Å²) < 4.78 is 55.6. The van der Waals surface area contributed by atoms with E-state index in [0.29, 0.717) is 19.3 Å². The van der Waals surface area contributed by atoms with Crippen LogP contribution in [0.2, 0.25) is 0 Å². The molecule has 0 N–H and O–H groups in total. The zero-order chi connectivity index (χ0) is 21.5. The first kappa shape index (κ1) is 27.4. The molecular weight excluding hydrogens is 414 g/mol. The molecule has 0 heterocycles. The van der Waals surface area contributed by atoms with Crippen molar-refractivity contribution in [2.45, 2.75) is 33.1 Å². The molecule has 10 nitrogen and oxygen atoms in total. The number of carbonyl (C=O) groups excluding carboxylic acids is 2. The van der Waals surface area contributed by atoms with Crippen LogP contribution in [0.1, 0.15) is 33.1 Å². The van der Waals surface area contributed by atoms with Gasteiger partial charge in [-0.25, -0.2) is 4.79 Å². The normalized spacial score (nSPS) is 15.6. The first-order chi connectivity index (χ1) is 13.2. The number of hydrogen-bond donors (Lipinski definition) is 0. The number of rotatable bonds is 18. The maximum Gasteiger partial charge on any atom is 0.332 e. The highest BCUT2D eigenvalue weighted by Gasteiger charge is 2.28. The van der Waals surface area contributed by atoms with Crippen molar-refractivity contribution in [3.63, 3.8) is 0 Å².